The molecule has 0 atom stereocenters. The van der Waals surface area contributed by atoms with Crippen molar-refractivity contribution in [2.45, 2.75) is 25.7 Å². The predicted molar refractivity (Wildman–Crippen MR) is 88.8 cm³/mol. The van der Waals surface area contributed by atoms with Crippen LogP contribution in [0.25, 0.3) is 10.8 Å². The molecule has 1 aromatic heterocycles. The molecule has 0 spiro atoms. The van der Waals surface area contributed by atoms with Crippen LogP contribution < -0.4 is 5.32 Å². The summed E-state index contributed by atoms with van der Waals surface area (Å²) in [4.78, 5) is 16.8. The predicted octanol–water partition coefficient (Wildman–Crippen LogP) is 3.92. The number of carbonyl (C=O) groups excluding carboxylic acids is 1. The molecule has 1 amide bonds. The topological polar surface area (TPSA) is 42.0 Å². The number of amides is 1. The molecule has 110 valence electrons. The molecule has 0 unspecified atom stereocenters. The molecule has 1 N–H and O–H groups in total. The zero-order chi connectivity index (χ0) is 14.7. The summed E-state index contributed by atoms with van der Waals surface area (Å²) < 4.78 is 0. The molecule has 0 saturated heterocycles. The lowest BCUT2D eigenvalue weighted by molar-refractivity contribution is 0.0932. The normalized spacial score (nSPS) is 17.0. The van der Waals surface area contributed by atoms with Crippen LogP contribution in [0.5, 0.6) is 0 Å². The number of nitrogens with one attached hydrogen (secondary N) is 1. The van der Waals surface area contributed by atoms with E-state index < -0.39 is 0 Å². The quantitative estimate of drug-likeness (QED) is 0.852. The first-order valence-corrected chi connectivity index (χ1v) is 8.54. The molecule has 1 heterocycles. The van der Waals surface area contributed by atoms with Crippen molar-refractivity contribution in [3.63, 3.8) is 0 Å². The second-order valence-corrected chi connectivity index (χ2v) is 6.46. The van der Waals surface area contributed by atoms with Crippen LogP contribution in [0.15, 0.2) is 36.5 Å². The molecule has 3 rings (SSSR count). The Morgan fingerprint density at radius 1 is 1.24 bits per heavy atom. The van der Waals surface area contributed by atoms with Crippen LogP contribution in [0.1, 0.15) is 36.2 Å². The van der Waals surface area contributed by atoms with Crippen molar-refractivity contribution in [2.24, 2.45) is 5.41 Å². The molecular formula is C17H19BrN2O. The van der Waals surface area contributed by atoms with Crippen LogP contribution in [-0.4, -0.2) is 22.8 Å². The van der Waals surface area contributed by atoms with Crippen molar-refractivity contribution in [3.05, 3.63) is 42.2 Å². The zero-order valence-corrected chi connectivity index (χ0v) is 13.5. The molecule has 1 aromatic carbocycles. The van der Waals surface area contributed by atoms with Gasteiger partial charge in [0, 0.05) is 23.5 Å². The van der Waals surface area contributed by atoms with Crippen molar-refractivity contribution in [1.82, 2.24) is 10.3 Å². The summed E-state index contributed by atoms with van der Waals surface area (Å²) in [5.74, 6) is -0.0703. The Labute approximate surface area is 133 Å². The molecule has 21 heavy (non-hydrogen) atoms. The second kappa shape index (κ2) is 6.14. The molecule has 1 fully saturated rings. The maximum Gasteiger partial charge on any atom is 0.270 e. The number of aromatic nitrogens is 1. The van der Waals surface area contributed by atoms with E-state index in [0.717, 1.165) is 22.6 Å². The van der Waals surface area contributed by atoms with Gasteiger partial charge >= 0.3 is 0 Å². The Morgan fingerprint density at radius 3 is 2.76 bits per heavy atom. The minimum atomic E-state index is -0.0703. The van der Waals surface area contributed by atoms with Crippen LogP contribution in [0, 0.1) is 5.41 Å². The lowest BCUT2D eigenvalue weighted by Crippen LogP contribution is -2.37. The molecule has 1 saturated carbocycles. The van der Waals surface area contributed by atoms with Crippen molar-refractivity contribution in [2.75, 3.05) is 11.9 Å². The van der Waals surface area contributed by atoms with Gasteiger partial charge in [-0.2, -0.15) is 0 Å². The number of benzene rings is 1. The van der Waals surface area contributed by atoms with Crippen LogP contribution in [-0.2, 0) is 0 Å². The van der Waals surface area contributed by atoms with Gasteiger partial charge in [0.05, 0.1) is 0 Å². The van der Waals surface area contributed by atoms with Gasteiger partial charge in [-0.1, -0.05) is 53.0 Å². The van der Waals surface area contributed by atoms with Gasteiger partial charge in [0.25, 0.3) is 5.91 Å². The molecule has 0 bridgehead atoms. The third-order valence-corrected chi connectivity index (χ3v) is 5.65. The highest BCUT2D eigenvalue weighted by atomic mass is 79.9. The van der Waals surface area contributed by atoms with E-state index in [4.69, 9.17) is 0 Å². The Morgan fingerprint density at radius 2 is 2.00 bits per heavy atom. The minimum absolute atomic E-state index is 0.0703. The highest BCUT2D eigenvalue weighted by molar-refractivity contribution is 9.09. The number of hydrogen-bond acceptors (Lipinski definition) is 2. The average Bonchev–Trinajstić information content (AvgIpc) is 3.01. The van der Waals surface area contributed by atoms with Crippen LogP contribution >= 0.6 is 15.9 Å². The van der Waals surface area contributed by atoms with Crippen molar-refractivity contribution in [1.29, 1.82) is 0 Å². The Bertz CT molecular complexity index is 645. The summed E-state index contributed by atoms with van der Waals surface area (Å²) in [7, 11) is 0. The summed E-state index contributed by atoms with van der Waals surface area (Å²) in [6.07, 6.45) is 6.58. The number of nitrogens with zero attached hydrogens (tertiary/aromatic N) is 1. The fourth-order valence-electron chi connectivity index (χ4n) is 3.13. The summed E-state index contributed by atoms with van der Waals surface area (Å²) in [6, 6.07) is 9.81. The number of fused-ring (bicyclic) bond motifs is 1. The van der Waals surface area contributed by atoms with Gasteiger partial charge in [0.1, 0.15) is 5.69 Å². The standard InChI is InChI=1S/C17H19BrN2O/c18-11-17(8-3-4-9-17)12-20-16(21)15-14-6-2-1-5-13(14)7-10-19-15/h1-2,5-7,10H,3-4,8-9,11-12H2,(H,20,21). The smallest absolute Gasteiger partial charge is 0.270 e. The number of alkyl halides is 1. The lowest BCUT2D eigenvalue weighted by Gasteiger charge is -2.26. The van der Waals surface area contributed by atoms with Gasteiger partial charge in [-0.15, -0.1) is 0 Å². The second-order valence-electron chi connectivity index (χ2n) is 5.90. The van der Waals surface area contributed by atoms with E-state index >= 15 is 0 Å². The first-order chi connectivity index (χ1) is 10.2. The molecular weight excluding hydrogens is 328 g/mol. The first kappa shape index (κ1) is 14.5. The van der Waals surface area contributed by atoms with E-state index in [1.54, 1.807) is 6.20 Å². The van der Waals surface area contributed by atoms with Gasteiger partial charge in [0.15, 0.2) is 0 Å². The lowest BCUT2D eigenvalue weighted by atomic mass is 9.89. The van der Waals surface area contributed by atoms with E-state index in [1.165, 1.54) is 25.7 Å². The van der Waals surface area contributed by atoms with Crippen LogP contribution in [0.4, 0.5) is 0 Å². The van der Waals surface area contributed by atoms with E-state index in [9.17, 15) is 4.79 Å². The fraction of sp³-hybridized carbons (Fsp3) is 0.412. The maximum absolute atomic E-state index is 12.5. The highest BCUT2D eigenvalue weighted by Crippen LogP contribution is 2.39. The Balaban J connectivity index is 1.78. The zero-order valence-electron chi connectivity index (χ0n) is 11.9. The molecule has 0 radical (unpaired) electrons. The Hall–Kier alpha value is -1.42. The first-order valence-electron chi connectivity index (χ1n) is 7.42. The summed E-state index contributed by atoms with van der Waals surface area (Å²) in [5.41, 5.74) is 0.746. The van der Waals surface area contributed by atoms with Gasteiger partial charge in [-0.05, 0) is 29.7 Å². The summed E-state index contributed by atoms with van der Waals surface area (Å²) in [6.45, 7) is 0.724. The third kappa shape index (κ3) is 2.95. The number of halogens is 1. The largest absolute Gasteiger partial charge is 0.350 e. The average molecular weight is 347 g/mol. The third-order valence-electron chi connectivity index (χ3n) is 4.46. The molecule has 4 heteroatoms. The maximum atomic E-state index is 12.5. The monoisotopic (exact) mass is 346 g/mol. The van der Waals surface area contributed by atoms with Gasteiger partial charge in [-0.3, -0.25) is 9.78 Å². The summed E-state index contributed by atoms with van der Waals surface area (Å²) in [5, 5.41) is 6.00. The van der Waals surface area contributed by atoms with E-state index in [1.807, 2.05) is 30.3 Å². The van der Waals surface area contributed by atoms with Crippen molar-refractivity contribution in [3.8, 4) is 0 Å². The van der Waals surface area contributed by atoms with Crippen LogP contribution in [0.3, 0.4) is 0 Å². The van der Waals surface area contributed by atoms with Crippen molar-refractivity contribution < 1.29 is 4.79 Å². The van der Waals surface area contributed by atoms with Crippen LogP contribution in [0.2, 0.25) is 0 Å². The SMILES string of the molecule is O=C(NCC1(CBr)CCCC1)c1nccc2ccccc12. The number of carbonyl (C=O) groups is 1. The molecule has 1 aliphatic carbocycles. The van der Waals surface area contributed by atoms with E-state index in [0.29, 0.717) is 5.69 Å². The molecule has 1 aliphatic rings. The van der Waals surface area contributed by atoms with Gasteiger partial charge in [-0.25, -0.2) is 0 Å². The number of pyridine rings is 1. The minimum Gasteiger partial charge on any atom is -0.350 e. The number of hydrogen-bond donors (Lipinski definition) is 1. The Kier molecular flexibility index (Phi) is 4.24. The van der Waals surface area contributed by atoms with Gasteiger partial charge in [0.2, 0.25) is 0 Å². The summed E-state index contributed by atoms with van der Waals surface area (Å²) >= 11 is 3.61. The van der Waals surface area contributed by atoms with E-state index in [2.05, 4.69) is 26.2 Å². The highest BCUT2D eigenvalue weighted by Gasteiger charge is 2.33. The van der Waals surface area contributed by atoms with Crippen molar-refractivity contribution >= 4 is 32.6 Å². The molecule has 2 aromatic rings. The fourth-order valence-corrected chi connectivity index (χ4v) is 3.89. The number of rotatable bonds is 4. The van der Waals surface area contributed by atoms with Gasteiger partial charge < -0.3 is 5.32 Å². The molecule has 3 nitrogen and oxygen atoms in total. The van der Waals surface area contributed by atoms with E-state index in [-0.39, 0.29) is 11.3 Å². The molecule has 0 aliphatic heterocycles.